The average molecular weight is 377 g/mol. The van der Waals surface area contributed by atoms with Crippen LogP contribution in [0.4, 0.5) is 4.39 Å². The van der Waals surface area contributed by atoms with Crippen LogP contribution in [0.1, 0.15) is 17.2 Å². The molecule has 3 aromatic rings. The molecule has 0 bridgehead atoms. The first kappa shape index (κ1) is 16.3. The summed E-state index contributed by atoms with van der Waals surface area (Å²) in [6.07, 6.45) is 1.16. The Morgan fingerprint density at radius 1 is 1.24 bits per heavy atom. The van der Waals surface area contributed by atoms with Crippen molar-refractivity contribution in [3.8, 4) is 0 Å². The van der Waals surface area contributed by atoms with E-state index in [1.165, 1.54) is 23.1 Å². The van der Waals surface area contributed by atoms with E-state index in [-0.39, 0.29) is 11.9 Å². The molecule has 2 aromatic carbocycles. The van der Waals surface area contributed by atoms with Gasteiger partial charge in [-0.15, -0.1) is 0 Å². The summed E-state index contributed by atoms with van der Waals surface area (Å²) >= 11 is 11.6. The van der Waals surface area contributed by atoms with Crippen molar-refractivity contribution in [3.05, 3.63) is 81.6 Å². The molecule has 0 spiro atoms. The van der Waals surface area contributed by atoms with Crippen LogP contribution in [-0.2, 0) is 16.9 Å². The van der Waals surface area contributed by atoms with Crippen LogP contribution in [0.15, 0.2) is 54.9 Å². The summed E-state index contributed by atoms with van der Waals surface area (Å²) in [5.74, 6) is 5.42. The minimum absolute atomic E-state index is 0.281. The molecule has 128 valence electrons. The molecule has 0 saturated carbocycles. The molecular weight excluding hydrogens is 363 g/mol. The van der Waals surface area contributed by atoms with Crippen LogP contribution in [0, 0.1) is 10.6 Å². The van der Waals surface area contributed by atoms with E-state index in [0.29, 0.717) is 16.3 Å². The lowest BCUT2D eigenvalue weighted by Crippen LogP contribution is -2.21. The molecule has 1 saturated heterocycles. The van der Waals surface area contributed by atoms with Gasteiger partial charge in [0.2, 0.25) is 4.77 Å². The van der Waals surface area contributed by atoms with Crippen molar-refractivity contribution < 1.29 is 9.13 Å². The zero-order valence-corrected chi connectivity index (χ0v) is 14.5. The van der Waals surface area contributed by atoms with Gasteiger partial charge in [0.25, 0.3) is 0 Å². The van der Waals surface area contributed by atoms with Gasteiger partial charge in [-0.25, -0.2) is 13.7 Å². The van der Waals surface area contributed by atoms with E-state index >= 15 is 0 Å². The fraction of sp³-hybridized carbons (Fsp3) is 0.176. The van der Waals surface area contributed by atoms with Gasteiger partial charge in [-0.2, -0.15) is 5.10 Å². The van der Waals surface area contributed by atoms with Crippen molar-refractivity contribution in [2.45, 2.75) is 18.2 Å². The summed E-state index contributed by atoms with van der Waals surface area (Å²) in [6.45, 7) is 0.345. The van der Waals surface area contributed by atoms with E-state index in [4.69, 9.17) is 34.4 Å². The third-order valence-electron chi connectivity index (χ3n) is 4.36. The third-order valence-corrected chi connectivity index (χ3v) is 5.12. The molecule has 1 aliphatic rings. The molecule has 2 atom stereocenters. The number of epoxide rings is 1. The summed E-state index contributed by atoms with van der Waals surface area (Å²) in [5.41, 5.74) is 0.963. The highest BCUT2D eigenvalue weighted by Crippen LogP contribution is 2.59. The largest absolute Gasteiger partial charge is 0.354 e. The lowest BCUT2D eigenvalue weighted by molar-refractivity contribution is 0.261. The first-order chi connectivity index (χ1) is 12.0. The molecule has 4 rings (SSSR count). The molecule has 2 heterocycles. The number of aromatic nitrogens is 3. The van der Waals surface area contributed by atoms with Crippen molar-refractivity contribution in [2.75, 3.05) is 5.84 Å². The normalized spacial score (nSPS) is 22.1. The number of halogens is 2. The maximum Gasteiger partial charge on any atom is 0.216 e. The molecule has 2 N–H and O–H groups in total. The predicted molar refractivity (Wildman–Crippen MR) is 94.6 cm³/mol. The third kappa shape index (κ3) is 2.74. The van der Waals surface area contributed by atoms with Gasteiger partial charge in [0.15, 0.2) is 0 Å². The van der Waals surface area contributed by atoms with Gasteiger partial charge in [0, 0.05) is 10.6 Å². The van der Waals surface area contributed by atoms with E-state index < -0.39 is 5.60 Å². The van der Waals surface area contributed by atoms with Gasteiger partial charge in [0.1, 0.15) is 23.8 Å². The molecular formula is C17H14ClFN4OS. The Hall–Kier alpha value is -2.22. The van der Waals surface area contributed by atoms with E-state index in [0.717, 1.165) is 11.1 Å². The van der Waals surface area contributed by atoms with Crippen LogP contribution in [0.25, 0.3) is 0 Å². The second kappa shape index (κ2) is 5.94. The van der Waals surface area contributed by atoms with Gasteiger partial charge in [-0.05, 0) is 36.0 Å². The highest BCUT2D eigenvalue weighted by atomic mass is 35.5. The van der Waals surface area contributed by atoms with E-state index in [2.05, 4.69) is 5.10 Å². The van der Waals surface area contributed by atoms with Crippen LogP contribution in [-0.4, -0.2) is 14.5 Å². The molecule has 0 aliphatic carbocycles. The topological polar surface area (TPSA) is 61.3 Å². The van der Waals surface area contributed by atoms with E-state index in [9.17, 15) is 4.39 Å². The van der Waals surface area contributed by atoms with Crippen LogP contribution in [0.2, 0.25) is 5.02 Å². The number of hydrogen-bond acceptors (Lipinski definition) is 4. The van der Waals surface area contributed by atoms with Crippen molar-refractivity contribution in [2.24, 2.45) is 0 Å². The van der Waals surface area contributed by atoms with Crippen LogP contribution >= 0.6 is 23.8 Å². The Bertz CT molecular complexity index is 987. The maximum absolute atomic E-state index is 13.4. The molecule has 25 heavy (non-hydrogen) atoms. The van der Waals surface area contributed by atoms with Gasteiger partial charge in [-0.1, -0.05) is 41.9 Å². The summed E-state index contributed by atoms with van der Waals surface area (Å²) in [6, 6.07) is 13.7. The smallest absolute Gasteiger partial charge is 0.216 e. The quantitative estimate of drug-likeness (QED) is 0.429. The summed E-state index contributed by atoms with van der Waals surface area (Å²) in [7, 11) is 0. The molecule has 5 nitrogen and oxygen atoms in total. The van der Waals surface area contributed by atoms with Crippen molar-refractivity contribution >= 4 is 23.8 Å². The molecule has 0 radical (unpaired) electrons. The zero-order chi connectivity index (χ0) is 17.6. The molecule has 1 aromatic heterocycles. The fourth-order valence-electron chi connectivity index (χ4n) is 3.02. The number of benzene rings is 2. The standard InChI is InChI=1S/C17H14ClFN4OS/c18-14-4-2-1-3-13(14)15-17(24-15,11-5-7-12(19)8-6-11)9-23-16(25)22(20)10-21-23/h1-8,10,15H,9,20H2/t15-,17-/m0/s1. The van der Waals surface area contributed by atoms with Gasteiger partial charge in [-0.3, -0.25) is 0 Å². The number of rotatable bonds is 4. The molecule has 1 aliphatic heterocycles. The number of hydrogen-bond donors (Lipinski definition) is 1. The Labute approximate surface area is 153 Å². The van der Waals surface area contributed by atoms with Gasteiger partial charge >= 0.3 is 0 Å². The lowest BCUT2D eigenvalue weighted by atomic mass is 9.91. The predicted octanol–water partition coefficient (Wildman–Crippen LogP) is 3.59. The number of nitrogens with zero attached hydrogens (tertiary/aromatic N) is 3. The molecule has 0 unspecified atom stereocenters. The maximum atomic E-state index is 13.4. The number of ether oxygens (including phenoxy) is 1. The molecule has 8 heteroatoms. The van der Waals surface area contributed by atoms with E-state index in [1.807, 2.05) is 24.3 Å². The van der Waals surface area contributed by atoms with Crippen LogP contribution in [0.5, 0.6) is 0 Å². The zero-order valence-electron chi connectivity index (χ0n) is 13.0. The highest BCUT2D eigenvalue weighted by molar-refractivity contribution is 7.71. The summed E-state index contributed by atoms with van der Waals surface area (Å²) in [5, 5.41) is 4.81. The Morgan fingerprint density at radius 2 is 1.96 bits per heavy atom. The lowest BCUT2D eigenvalue weighted by Gasteiger charge is -2.14. The number of nitrogen functional groups attached to an aromatic ring is 1. The SMILES string of the molecule is Nn1cnn(C[C@@]2(c3ccc(F)cc3)O[C@H]2c2ccccc2Cl)c1=S. The minimum Gasteiger partial charge on any atom is -0.354 e. The van der Waals surface area contributed by atoms with Crippen LogP contribution < -0.4 is 5.84 Å². The second-order valence-corrected chi connectivity index (χ2v) is 6.67. The Morgan fingerprint density at radius 3 is 2.60 bits per heavy atom. The first-order valence-corrected chi connectivity index (χ1v) is 8.38. The van der Waals surface area contributed by atoms with Crippen molar-refractivity contribution in [1.82, 2.24) is 14.5 Å². The Balaban J connectivity index is 1.78. The van der Waals surface area contributed by atoms with Gasteiger partial charge < -0.3 is 10.6 Å². The summed E-state index contributed by atoms with van der Waals surface area (Å²) in [4.78, 5) is 0. The highest BCUT2D eigenvalue weighted by Gasteiger charge is 2.59. The summed E-state index contributed by atoms with van der Waals surface area (Å²) < 4.78 is 22.7. The monoisotopic (exact) mass is 376 g/mol. The average Bonchev–Trinajstić information content (AvgIpc) is 3.25. The van der Waals surface area contributed by atoms with Crippen molar-refractivity contribution in [3.63, 3.8) is 0 Å². The fourth-order valence-corrected chi connectivity index (χ4v) is 3.42. The van der Waals surface area contributed by atoms with Gasteiger partial charge in [0.05, 0.1) is 6.54 Å². The molecule has 1 fully saturated rings. The van der Waals surface area contributed by atoms with Crippen LogP contribution in [0.3, 0.4) is 0 Å². The number of nitrogens with two attached hydrogens (primary N) is 1. The Kier molecular flexibility index (Phi) is 3.87. The van der Waals surface area contributed by atoms with Crippen molar-refractivity contribution in [1.29, 1.82) is 0 Å². The second-order valence-electron chi connectivity index (χ2n) is 5.89. The molecule has 0 amide bonds. The minimum atomic E-state index is -0.731. The first-order valence-electron chi connectivity index (χ1n) is 7.59. The van der Waals surface area contributed by atoms with E-state index in [1.54, 1.807) is 16.8 Å².